The Morgan fingerprint density at radius 1 is 1.43 bits per heavy atom. The second-order valence-corrected chi connectivity index (χ2v) is 3.94. The van der Waals surface area contributed by atoms with Crippen LogP contribution in [0.25, 0.3) is 0 Å². The summed E-state index contributed by atoms with van der Waals surface area (Å²) < 4.78 is 0. The fourth-order valence-electron chi connectivity index (χ4n) is 1.83. The molecule has 0 bridgehead atoms. The number of hydrogen-bond donors (Lipinski definition) is 3. The molecule has 82 valence electrons. The van der Waals surface area contributed by atoms with Crippen molar-refractivity contribution < 1.29 is 9.90 Å². The maximum absolute atomic E-state index is 11.4. The first-order valence-electron chi connectivity index (χ1n) is 5.42. The summed E-state index contributed by atoms with van der Waals surface area (Å²) in [6.45, 7) is 0.346. The van der Waals surface area contributed by atoms with Crippen molar-refractivity contribution in [2.45, 2.75) is 50.7 Å². The molecular weight excluding hydrogens is 180 g/mol. The molecule has 0 aliphatic heterocycles. The van der Waals surface area contributed by atoms with Crippen molar-refractivity contribution in [1.82, 2.24) is 5.32 Å². The fourth-order valence-corrected chi connectivity index (χ4v) is 1.83. The quantitative estimate of drug-likeness (QED) is 0.604. The molecule has 1 fully saturated rings. The highest BCUT2D eigenvalue weighted by Gasteiger charge is 2.19. The number of carbonyl (C=O) groups is 1. The number of nitrogens with two attached hydrogens (primary N) is 1. The van der Waals surface area contributed by atoms with Crippen molar-refractivity contribution >= 4 is 5.91 Å². The van der Waals surface area contributed by atoms with Gasteiger partial charge in [-0.3, -0.25) is 4.79 Å². The number of carbonyl (C=O) groups excluding carboxylic acids is 1. The Hall–Kier alpha value is -0.610. The molecule has 1 amide bonds. The zero-order chi connectivity index (χ0) is 10.4. The first-order valence-corrected chi connectivity index (χ1v) is 5.42. The van der Waals surface area contributed by atoms with Crippen LogP contribution in [0.3, 0.4) is 0 Å². The Morgan fingerprint density at radius 3 is 2.64 bits per heavy atom. The summed E-state index contributed by atoms with van der Waals surface area (Å²) in [5.41, 5.74) is 5.26. The fraction of sp³-hybridized carbons (Fsp3) is 0.900. The van der Waals surface area contributed by atoms with E-state index in [1.165, 1.54) is 19.3 Å². The lowest BCUT2D eigenvalue weighted by molar-refractivity contribution is -0.130. The highest BCUT2D eigenvalue weighted by molar-refractivity contribution is 5.80. The molecule has 0 aromatic rings. The van der Waals surface area contributed by atoms with Crippen LogP contribution in [0.2, 0.25) is 0 Å². The average molecular weight is 200 g/mol. The molecule has 4 heteroatoms. The summed E-state index contributed by atoms with van der Waals surface area (Å²) in [7, 11) is 0. The molecule has 1 unspecified atom stereocenters. The lowest BCUT2D eigenvalue weighted by Crippen LogP contribution is -2.42. The maximum atomic E-state index is 11.4. The molecule has 0 aromatic carbocycles. The predicted octanol–water partition coefficient (Wildman–Crippen LogP) is 0.145. The van der Waals surface area contributed by atoms with Gasteiger partial charge in [0.25, 0.3) is 0 Å². The van der Waals surface area contributed by atoms with Crippen molar-refractivity contribution in [2.24, 2.45) is 5.73 Å². The van der Waals surface area contributed by atoms with Gasteiger partial charge in [0.2, 0.25) is 5.91 Å². The van der Waals surface area contributed by atoms with Crippen molar-refractivity contribution in [3.05, 3.63) is 0 Å². The summed E-state index contributed by atoms with van der Waals surface area (Å²) >= 11 is 0. The number of aliphatic hydroxyl groups excluding tert-OH is 1. The smallest absolute Gasteiger partial charge is 0.249 e. The second-order valence-electron chi connectivity index (χ2n) is 3.94. The van der Waals surface area contributed by atoms with E-state index in [9.17, 15) is 9.90 Å². The number of rotatable bonds is 4. The van der Waals surface area contributed by atoms with Crippen LogP contribution in [0.4, 0.5) is 0 Å². The summed E-state index contributed by atoms with van der Waals surface area (Å²) in [6, 6.07) is 0.267. The Bertz CT molecular complexity index is 179. The highest BCUT2D eigenvalue weighted by Crippen LogP contribution is 2.17. The van der Waals surface area contributed by atoms with Crippen molar-refractivity contribution in [2.75, 3.05) is 6.54 Å². The van der Waals surface area contributed by atoms with Gasteiger partial charge in [-0.2, -0.15) is 0 Å². The average Bonchev–Trinajstić information content (AvgIpc) is 2.19. The van der Waals surface area contributed by atoms with Crippen LogP contribution in [-0.4, -0.2) is 29.7 Å². The number of hydrogen-bond acceptors (Lipinski definition) is 3. The minimum Gasteiger partial charge on any atom is -0.383 e. The van der Waals surface area contributed by atoms with E-state index >= 15 is 0 Å². The van der Waals surface area contributed by atoms with Crippen LogP contribution < -0.4 is 11.1 Å². The van der Waals surface area contributed by atoms with E-state index in [1.807, 2.05) is 0 Å². The third-order valence-electron chi connectivity index (χ3n) is 2.69. The minimum absolute atomic E-state index is 0.262. The van der Waals surface area contributed by atoms with Gasteiger partial charge >= 0.3 is 0 Å². The topological polar surface area (TPSA) is 75.3 Å². The highest BCUT2D eigenvalue weighted by atomic mass is 16.3. The van der Waals surface area contributed by atoms with Gasteiger partial charge in [0.15, 0.2) is 0 Å². The summed E-state index contributed by atoms with van der Waals surface area (Å²) in [5, 5.41) is 12.2. The monoisotopic (exact) mass is 200 g/mol. The van der Waals surface area contributed by atoms with Crippen LogP contribution in [0, 0.1) is 0 Å². The zero-order valence-electron chi connectivity index (χ0n) is 8.54. The zero-order valence-corrected chi connectivity index (χ0v) is 8.54. The van der Waals surface area contributed by atoms with E-state index in [0.29, 0.717) is 13.0 Å². The Kier molecular flexibility index (Phi) is 4.90. The van der Waals surface area contributed by atoms with Crippen molar-refractivity contribution in [3.63, 3.8) is 0 Å². The van der Waals surface area contributed by atoms with E-state index in [1.54, 1.807) is 0 Å². The molecule has 0 saturated heterocycles. The standard InChI is InChI=1S/C10H20N2O2/c11-7-6-9(13)10(14)12-8-4-2-1-3-5-8/h8-9,13H,1-7,11H2,(H,12,14). The largest absolute Gasteiger partial charge is 0.383 e. The molecule has 0 heterocycles. The Morgan fingerprint density at radius 2 is 2.07 bits per heavy atom. The molecule has 1 aliphatic carbocycles. The van der Waals surface area contributed by atoms with E-state index in [4.69, 9.17) is 5.73 Å². The molecule has 14 heavy (non-hydrogen) atoms. The first kappa shape index (κ1) is 11.5. The molecule has 1 rings (SSSR count). The van der Waals surface area contributed by atoms with Gasteiger partial charge in [0, 0.05) is 6.04 Å². The summed E-state index contributed by atoms with van der Waals surface area (Å²) in [4.78, 5) is 11.4. The molecule has 4 nitrogen and oxygen atoms in total. The predicted molar refractivity (Wildman–Crippen MR) is 54.7 cm³/mol. The van der Waals surface area contributed by atoms with E-state index in [0.717, 1.165) is 12.8 Å². The molecule has 4 N–H and O–H groups in total. The SMILES string of the molecule is NCCC(O)C(=O)NC1CCCCC1. The molecule has 1 atom stereocenters. The molecule has 1 saturated carbocycles. The minimum atomic E-state index is -0.929. The van der Waals surface area contributed by atoms with E-state index in [2.05, 4.69) is 5.32 Å². The summed E-state index contributed by atoms with van der Waals surface area (Å²) in [5.74, 6) is -0.262. The third kappa shape index (κ3) is 3.64. The summed E-state index contributed by atoms with van der Waals surface area (Å²) in [6.07, 6.45) is 5.12. The maximum Gasteiger partial charge on any atom is 0.249 e. The lowest BCUT2D eigenvalue weighted by Gasteiger charge is -2.23. The van der Waals surface area contributed by atoms with Crippen LogP contribution in [-0.2, 0) is 4.79 Å². The van der Waals surface area contributed by atoms with Crippen molar-refractivity contribution in [3.8, 4) is 0 Å². The van der Waals surface area contributed by atoms with E-state index < -0.39 is 6.10 Å². The first-order chi connectivity index (χ1) is 6.74. The Labute approximate surface area is 84.9 Å². The van der Waals surface area contributed by atoms with E-state index in [-0.39, 0.29) is 11.9 Å². The molecule has 0 radical (unpaired) electrons. The van der Waals surface area contributed by atoms with Gasteiger partial charge in [-0.15, -0.1) is 0 Å². The van der Waals surface area contributed by atoms with Gasteiger partial charge in [0.1, 0.15) is 6.10 Å². The molecular formula is C10H20N2O2. The van der Waals surface area contributed by atoms with Crippen LogP contribution in [0.15, 0.2) is 0 Å². The van der Waals surface area contributed by atoms with Crippen LogP contribution in [0.1, 0.15) is 38.5 Å². The number of nitrogens with one attached hydrogen (secondary N) is 1. The molecule has 0 aromatic heterocycles. The number of aliphatic hydroxyl groups is 1. The van der Waals surface area contributed by atoms with Gasteiger partial charge in [-0.25, -0.2) is 0 Å². The molecule has 0 spiro atoms. The van der Waals surface area contributed by atoms with Crippen molar-refractivity contribution in [1.29, 1.82) is 0 Å². The lowest BCUT2D eigenvalue weighted by atomic mass is 9.95. The van der Waals surface area contributed by atoms with Gasteiger partial charge in [-0.05, 0) is 25.8 Å². The molecule has 1 aliphatic rings. The normalized spacial score (nSPS) is 20.4. The van der Waals surface area contributed by atoms with Crippen LogP contribution in [0.5, 0.6) is 0 Å². The van der Waals surface area contributed by atoms with Gasteiger partial charge in [-0.1, -0.05) is 19.3 Å². The van der Waals surface area contributed by atoms with Crippen LogP contribution >= 0.6 is 0 Å². The Balaban J connectivity index is 2.24. The second kappa shape index (κ2) is 5.98. The third-order valence-corrected chi connectivity index (χ3v) is 2.69. The van der Waals surface area contributed by atoms with Gasteiger partial charge in [0.05, 0.1) is 0 Å². The van der Waals surface area contributed by atoms with Gasteiger partial charge < -0.3 is 16.2 Å². The number of amides is 1.